The Labute approximate surface area is 869 Å². The van der Waals surface area contributed by atoms with Gasteiger partial charge in [-0.3, -0.25) is 59.1 Å². The highest BCUT2D eigenvalue weighted by atomic mass is 19.1. The van der Waals surface area contributed by atoms with E-state index in [1.807, 2.05) is 113 Å². The van der Waals surface area contributed by atoms with Crippen molar-refractivity contribution >= 4 is 35.1 Å². The maximum Gasteiger partial charge on any atom is 0.311 e. The van der Waals surface area contributed by atoms with E-state index in [4.69, 9.17) is 34.4 Å². The number of hydrogen-bond acceptors (Lipinski definition) is 35. The number of likely N-dealkylation sites (tertiary alicyclic amines) is 5. The van der Waals surface area contributed by atoms with Crippen molar-refractivity contribution in [2.45, 2.75) is 202 Å². The third kappa shape index (κ3) is 28.6. The molecule has 0 unspecified atom stereocenters. The molecule has 20 rings (SSSR count). The molecule has 7 atom stereocenters. The van der Waals surface area contributed by atoms with E-state index in [-0.39, 0.29) is 29.9 Å². The number of carbonyl (C=O) groups is 1. The highest BCUT2D eigenvalue weighted by Gasteiger charge is 2.48. The molecule has 35 nitrogen and oxygen atoms in total. The number of aromatic nitrogens is 15. The summed E-state index contributed by atoms with van der Waals surface area (Å²) in [4.78, 5) is 115. The minimum atomic E-state index is -0.454. The first-order valence-electron chi connectivity index (χ1n) is 53.4. The van der Waals surface area contributed by atoms with Crippen LogP contribution in [0.3, 0.4) is 0 Å². The summed E-state index contributed by atoms with van der Waals surface area (Å²) in [5.41, 5.74) is 15.4. The summed E-state index contributed by atoms with van der Waals surface area (Å²) in [6, 6.07) is 33.8. The molecule has 10 fully saturated rings. The van der Waals surface area contributed by atoms with Crippen molar-refractivity contribution in [3.8, 4) is 12.1 Å². The van der Waals surface area contributed by atoms with E-state index in [0.717, 1.165) is 296 Å². The minimum Gasteiger partial charge on any atom is -0.466 e. The Bertz CT molecular complexity index is 6040. The number of esters is 1. The number of rotatable bonds is 25. The van der Waals surface area contributed by atoms with Crippen molar-refractivity contribution in [2.24, 2.45) is 5.92 Å². The highest BCUT2D eigenvalue weighted by Crippen LogP contribution is 2.44. The Hall–Kier alpha value is -11.9. The number of hydrogen-bond donors (Lipinski definition) is 1. The first-order valence-corrected chi connectivity index (χ1v) is 53.4. The summed E-state index contributed by atoms with van der Waals surface area (Å²) in [5, 5.41) is 23.4. The number of halogens is 1. The fourth-order valence-corrected chi connectivity index (χ4v) is 22.4. The maximum atomic E-state index is 15.4. The topological polar surface area (TPSA) is 334 Å². The van der Waals surface area contributed by atoms with Crippen LogP contribution in [0.4, 0.5) is 33.5 Å². The lowest BCUT2D eigenvalue weighted by atomic mass is 9.96. The third-order valence-corrected chi connectivity index (χ3v) is 30.2. The van der Waals surface area contributed by atoms with Crippen molar-refractivity contribution in [3.63, 3.8) is 0 Å². The predicted octanol–water partition coefficient (Wildman–Crippen LogP) is 12.7. The second-order valence-corrected chi connectivity index (χ2v) is 41.0. The molecular formula is C111H153FN32O3. The van der Waals surface area contributed by atoms with Crippen LogP contribution in [-0.4, -0.2) is 341 Å². The number of ether oxygens (including phenoxy) is 2. The molecule has 0 aliphatic carbocycles. The zero-order valence-electron chi connectivity index (χ0n) is 89.2. The average Bonchev–Trinajstić information content (AvgIpc) is 1.63. The lowest BCUT2D eigenvalue weighted by Crippen LogP contribution is -2.45. The molecular weight excluding hydrogens is 1850 g/mol. The third-order valence-electron chi connectivity index (χ3n) is 30.2. The largest absolute Gasteiger partial charge is 0.466 e. The quantitative estimate of drug-likeness (QED) is 0.0519. The van der Waals surface area contributed by atoms with Crippen LogP contribution >= 0.6 is 0 Å². The van der Waals surface area contributed by atoms with Crippen molar-refractivity contribution < 1.29 is 18.7 Å². The van der Waals surface area contributed by atoms with Gasteiger partial charge in [0.2, 0.25) is 0 Å². The van der Waals surface area contributed by atoms with Gasteiger partial charge in [0, 0.05) is 206 Å². The van der Waals surface area contributed by atoms with Gasteiger partial charge in [0.15, 0.2) is 17.5 Å². The van der Waals surface area contributed by atoms with Crippen molar-refractivity contribution in [1.29, 1.82) is 10.5 Å². The summed E-state index contributed by atoms with van der Waals surface area (Å²) in [6.07, 6.45) is 20.0. The molecule has 0 bridgehead atoms. The normalized spacial score (nSPS) is 21.8. The van der Waals surface area contributed by atoms with E-state index in [1.165, 1.54) is 59.3 Å². The number of piperazine rings is 3. The Morgan fingerprint density at radius 2 is 0.844 bits per heavy atom. The second kappa shape index (κ2) is 52.3. The lowest BCUT2D eigenvalue weighted by molar-refractivity contribution is -0.149. The van der Waals surface area contributed by atoms with E-state index in [9.17, 15) is 15.3 Å². The molecule has 1 N–H and O–H groups in total. The highest BCUT2D eigenvalue weighted by molar-refractivity contribution is 5.74. The number of pyridine rings is 5. The Morgan fingerprint density at radius 1 is 0.429 bits per heavy atom. The zero-order chi connectivity index (χ0) is 103. The number of carbonyl (C=O) groups excluding carboxylic acids is 1. The number of anilines is 5. The maximum absolute atomic E-state index is 15.4. The smallest absolute Gasteiger partial charge is 0.311 e. The Balaban J connectivity index is 0.000000131. The molecule has 0 radical (unpaired) electrons. The number of morpholine rings is 1. The van der Waals surface area contributed by atoms with Gasteiger partial charge in [-0.2, -0.15) is 10.5 Å². The number of nitrogens with zero attached hydrogens (tertiary/aromatic N) is 31. The zero-order valence-corrected chi connectivity index (χ0v) is 89.2. The lowest BCUT2D eigenvalue weighted by Gasteiger charge is -2.34. The number of likely N-dealkylation sites (N-methyl/N-ethyl adjacent to an activating group) is 4. The minimum absolute atomic E-state index is 0.225. The number of nitriles is 2. The molecule has 0 spiro atoms. The van der Waals surface area contributed by atoms with Gasteiger partial charge in [-0.05, 0) is 253 Å². The molecule has 0 aromatic carbocycles. The van der Waals surface area contributed by atoms with Gasteiger partial charge < -0.3 is 54.0 Å². The monoisotopic (exact) mass is 2000 g/mol. The van der Waals surface area contributed by atoms with Gasteiger partial charge in [-0.1, -0.05) is 30.3 Å². The van der Waals surface area contributed by atoms with Crippen LogP contribution in [0.5, 0.6) is 0 Å². The Kier molecular flexibility index (Phi) is 38.4. The Morgan fingerprint density at radius 3 is 1.31 bits per heavy atom. The fourth-order valence-electron chi connectivity index (χ4n) is 22.4. The summed E-state index contributed by atoms with van der Waals surface area (Å²) in [5.74, 6) is 6.93. The standard InChI is InChI=1S/C24H31N7O2.C22H29N7.C22H32N6O.C22H32N6.C21H29FN6/c1-4-33-24(32)20-14-19(15-25)31(23(20)21-7-5-6-8-26-21)16-18-13-22(28-17(2)27-18)30-11-9-29(3)10-12-30;1-16-6-4-8-24-21(16)20-7-5-9-29(20)15-19-18(14-23)22(26-17(2)25-19)28-12-10-27(3)11-13-28;1-17-5-3-7-24-22(17)20-6-4-9-28(20)16-19-15-21(26-18(2)25-19)23-8-10-27-11-13-29-14-12-27;1-17-7-4-9-23-22(17)20-8-5-11-28(20)16-19-15-21(25-18(2)24-19)27-12-6-10-26(3)13-14-27;1-15-6-4-8-23-20(15)18-7-5-9-28(18)14-17-19(22)21(25-16(2)24-17)27-12-10-26(3)11-13-27/h5-8,13,19-20,23H,4,9-12,14,16H2,1-3H3;4,6,8,20H,5,7,9-13,15H2,1-3H3;3,5,7,15,20H,4,6,8-14,16H2,1-2H3,(H,23,25,26);4,7,9,15,20H,5-6,8,10-14,16H2,1-3H3;4,6,8,18H,5,7,9-14H2,1-3H3/t19-,20-,23+;3*20-;18-/m10000/s1. The first kappa shape index (κ1) is 108. The summed E-state index contributed by atoms with van der Waals surface area (Å²) < 4.78 is 26.1. The summed E-state index contributed by atoms with van der Waals surface area (Å²) >= 11 is 0. The van der Waals surface area contributed by atoms with Crippen LogP contribution in [0.2, 0.25) is 0 Å². The molecule has 10 aromatic rings. The molecule has 0 saturated carbocycles. The van der Waals surface area contributed by atoms with Gasteiger partial charge in [0.05, 0.1) is 125 Å². The fraction of sp³-hybridized carbons (Fsp3) is 0.568. The summed E-state index contributed by atoms with van der Waals surface area (Å²) in [7, 11) is 8.55. The van der Waals surface area contributed by atoms with E-state index in [0.29, 0.717) is 73.5 Å². The van der Waals surface area contributed by atoms with Gasteiger partial charge in [0.25, 0.3) is 0 Å². The van der Waals surface area contributed by atoms with Crippen LogP contribution in [0.1, 0.15) is 215 Å². The van der Waals surface area contributed by atoms with Crippen LogP contribution in [0.15, 0.2) is 116 Å². The van der Waals surface area contributed by atoms with Gasteiger partial charge in [-0.15, -0.1) is 0 Å². The number of nitrogens with one attached hydrogen (secondary N) is 1. The van der Waals surface area contributed by atoms with E-state index < -0.39 is 12.0 Å². The van der Waals surface area contributed by atoms with Crippen LogP contribution in [-0.2, 0) is 47.0 Å². The van der Waals surface area contributed by atoms with E-state index >= 15 is 4.39 Å². The van der Waals surface area contributed by atoms with Gasteiger partial charge in [-0.25, -0.2) is 54.2 Å². The second-order valence-electron chi connectivity index (χ2n) is 41.0. The molecule has 36 heteroatoms. The molecule has 10 saturated heterocycles. The van der Waals surface area contributed by atoms with Crippen molar-refractivity contribution in [3.05, 3.63) is 236 Å². The average molecular weight is 2000 g/mol. The van der Waals surface area contributed by atoms with Crippen LogP contribution < -0.4 is 24.9 Å². The SMILES string of the molecule is CCOC(=O)[C@@H]1C[C@H](C#N)N(Cc2cc(N3CCN(C)CC3)nc(C)n2)[C@@H]1c1ccccn1.Cc1nc(CN2CCC[C@H]2c2ncccc2C)c(C#N)c(N2CCN(C)CC2)n1.Cc1nc(CN2CCC[C@H]2c2ncccc2C)c(F)c(N2CCN(C)CC2)n1.Cc1nc(CN2CCC[C@H]2c2ncccc2C)cc(N2CCCN(C)CC2)n1.Cc1nc(CN2CCC[C@H]2c2ncccc2C)cc(NCCN2CCOCC2)n1. The van der Waals surface area contributed by atoms with Gasteiger partial charge >= 0.3 is 5.97 Å². The molecule has 20 heterocycles. The summed E-state index contributed by atoms with van der Waals surface area (Å²) in [6.45, 7) is 48.7. The van der Waals surface area contributed by atoms with Gasteiger partial charge in [0.1, 0.15) is 58.2 Å². The molecule has 0 amide bonds. The first-order chi connectivity index (χ1) is 71.4. The van der Waals surface area contributed by atoms with E-state index in [1.54, 1.807) is 13.1 Å². The van der Waals surface area contributed by atoms with Crippen molar-refractivity contribution in [1.82, 2.24) is 124 Å². The van der Waals surface area contributed by atoms with Crippen LogP contribution in [0, 0.1) is 96.7 Å². The molecule has 782 valence electrons. The predicted molar refractivity (Wildman–Crippen MR) is 570 cm³/mol. The molecule has 147 heavy (non-hydrogen) atoms. The van der Waals surface area contributed by atoms with Crippen molar-refractivity contribution in [2.75, 3.05) is 230 Å². The molecule has 10 aliphatic heterocycles. The van der Waals surface area contributed by atoms with Crippen LogP contribution in [0.25, 0.3) is 0 Å². The van der Waals surface area contributed by atoms with E-state index in [2.05, 4.69) is 223 Å². The number of aryl methyl sites for hydroxylation is 9. The molecule has 10 aromatic heterocycles. The molecule has 10 aliphatic rings.